The van der Waals surface area contributed by atoms with E-state index in [0.29, 0.717) is 0 Å². The van der Waals surface area contributed by atoms with Crippen LogP contribution < -0.4 is 0 Å². The Morgan fingerprint density at radius 2 is 1.75 bits per heavy atom. The van der Waals surface area contributed by atoms with Crippen LogP contribution in [0.4, 0.5) is 13.2 Å². The molecule has 1 aromatic rings. The van der Waals surface area contributed by atoms with Crippen LogP contribution in [0.2, 0.25) is 0 Å². The third-order valence-corrected chi connectivity index (χ3v) is 1.83. The summed E-state index contributed by atoms with van der Waals surface area (Å²) in [4.78, 5) is 0. The Bertz CT molecular complexity index is 267. The van der Waals surface area contributed by atoms with Gasteiger partial charge in [-0.1, -0.05) is 18.2 Å². The number of rotatable bonds is 1. The molecule has 0 aliphatic heterocycles. The molecule has 0 atom stereocenters. The van der Waals surface area contributed by atoms with Gasteiger partial charge in [0.05, 0.1) is 5.56 Å². The highest BCUT2D eigenvalue weighted by Gasteiger charge is 2.32. The van der Waals surface area contributed by atoms with Gasteiger partial charge in [0.2, 0.25) is 0 Å². The first-order valence-corrected chi connectivity index (χ1v) is 3.95. The fraction of sp³-hybridized carbons (Fsp3) is 0.250. The molecule has 0 N–H and O–H groups in total. The molecule has 0 aliphatic rings. The summed E-state index contributed by atoms with van der Waals surface area (Å²) in [6.07, 6.45) is -4.26. The zero-order valence-corrected chi connectivity index (χ0v) is 6.99. The Morgan fingerprint density at radius 3 is 2.17 bits per heavy atom. The molecule has 0 saturated heterocycles. The molecule has 1 aromatic carbocycles. The smallest absolute Gasteiger partial charge is 0.175 e. The zero-order valence-electron chi connectivity index (χ0n) is 6.10. The van der Waals surface area contributed by atoms with Gasteiger partial charge < -0.3 is 0 Å². The average Bonchev–Trinajstić information content (AvgIpc) is 2.03. The van der Waals surface area contributed by atoms with E-state index in [0.717, 1.165) is 6.07 Å². The summed E-state index contributed by atoms with van der Waals surface area (Å²) in [5.74, 6) is 0.107. The van der Waals surface area contributed by atoms with Crippen LogP contribution in [0.5, 0.6) is 0 Å². The Kier molecular flexibility index (Phi) is 2.67. The van der Waals surface area contributed by atoms with E-state index in [4.69, 9.17) is 0 Å². The summed E-state index contributed by atoms with van der Waals surface area (Å²) in [6, 6.07) is 5.43. The fourth-order valence-electron chi connectivity index (χ4n) is 0.935. The average molecular weight is 192 g/mol. The van der Waals surface area contributed by atoms with E-state index in [2.05, 4.69) is 12.6 Å². The van der Waals surface area contributed by atoms with E-state index in [1.54, 1.807) is 6.07 Å². The third-order valence-electron chi connectivity index (χ3n) is 1.49. The molecule has 0 heterocycles. The summed E-state index contributed by atoms with van der Waals surface area (Å²) >= 11 is 3.81. The molecule has 4 heteroatoms. The lowest BCUT2D eigenvalue weighted by atomic mass is 10.1. The van der Waals surface area contributed by atoms with Crippen molar-refractivity contribution in [1.29, 1.82) is 0 Å². The second kappa shape index (κ2) is 3.39. The first kappa shape index (κ1) is 9.45. The van der Waals surface area contributed by atoms with Crippen molar-refractivity contribution in [3.8, 4) is 0 Å². The number of halogens is 3. The van der Waals surface area contributed by atoms with Crippen LogP contribution in [-0.4, -0.2) is 0 Å². The monoisotopic (exact) mass is 192 g/mol. The quantitative estimate of drug-likeness (QED) is 0.649. The maximum Gasteiger partial charge on any atom is 0.416 e. The number of hydrogen-bond acceptors (Lipinski definition) is 1. The number of alkyl halides is 3. The van der Waals surface area contributed by atoms with Crippen LogP contribution in [0.15, 0.2) is 24.3 Å². The van der Waals surface area contributed by atoms with E-state index in [9.17, 15) is 13.2 Å². The Labute approximate surface area is 73.8 Å². The maximum absolute atomic E-state index is 12.2. The number of benzene rings is 1. The van der Waals surface area contributed by atoms with Crippen molar-refractivity contribution in [2.24, 2.45) is 0 Å². The standard InChI is InChI=1S/C8H7F3S/c9-8(10,11)7-4-2-1-3-6(7)5-12/h1-4,12H,5H2. The van der Waals surface area contributed by atoms with Gasteiger partial charge in [-0.15, -0.1) is 0 Å². The largest absolute Gasteiger partial charge is 0.416 e. The summed E-state index contributed by atoms with van der Waals surface area (Å²) < 4.78 is 36.6. The first-order chi connectivity index (χ1) is 5.55. The zero-order chi connectivity index (χ0) is 9.19. The lowest BCUT2D eigenvalue weighted by molar-refractivity contribution is -0.138. The van der Waals surface area contributed by atoms with Gasteiger partial charge in [-0.25, -0.2) is 0 Å². The van der Waals surface area contributed by atoms with Gasteiger partial charge in [0, 0.05) is 5.75 Å². The molecule has 1 rings (SSSR count). The molecular formula is C8H7F3S. The van der Waals surface area contributed by atoms with Crippen molar-refractivity contribution in [2.45, 2.75) is 11.9 Å². The van der Waals surface area contributed by atoms with E-state index in [1.807, 2.05) is 0 Å². The molecule has 0 unspecified atom stereocenters. The predicted octanol–water partition coefficient (Wildman–Crippen LogP) is 3.14. The van der Waals surface area contributed by atoms with Crippen molar-refractivity contribution >= 4 is 12.6 Å². The fourth-order valence-corrected chi connectivity index (χ4v) is 1.21. The van der Waals surface area contributed by atoms with Crippen LogP contribution in [0.3, 0.4) is 0 Å². The lowest BCUT2D eigenvalue weighted by Gasteiger charge is -2.10. The molecule has 0 amide bonds. The third kappa shape index (κ3) is 1.94. The molecule has 0 saturated carbocycles. The molecule has 0 nitrogen and oxygen atoms in total. The van der Waals surface area contributed by atoms with Gasteiger partial charge >= 0.3 is 6.18 Å². The summed E-state index contributed by atoms with van der Waals surface area (Å²) in [7, 11) is 0. The van der Waals surface area contributed by atoms with E-state index in [-0.39, 0.29) is 11.3 Å². The Morgan fingerprint density at radius 1 is 1.17 bits per heavy atom. The van der Waals surface area contributed by atoms with Crippen LogP contribution in [-0.2, 0) is 11.9 Å². The Balaban J connectivity index is 3.14. The molecule has 0 aliphatic carbocycles. The molecule has 0 fully saturated rings. The van der Waals surface area contributed by atoms with Gasteiger partial charge in [0.1, 0.15) is 0 Å². The minimum Gasteiger partial charge on any atom is -0.175 e. The highest BCUT2D eigenvalue weighted by Crippen LogP contribution is 2.32. The highest BCUT2D eigenvalue weighted by atomic mass is 32.1. The first-order valence-electron chi connectivity index (χ1n) is 3.31. The molecule has 0 radical (unpaired) electrons. The van der Waals surface area contributed by atoms with Crippen LogP contribution in [0.1, 0.15) is 11.1 Å². The van der Waals surface area contributed by atoms with Crippen molar-refractivity contribution in [3.63, 3.8) is 0 Å². The van der Waals surface area contributed by atoms with Gasteiger partial charge in [-0.2, -0.15) is 25.8 Å². The van der Waals surface area contributed by atoms with Crippen molar-refractivity contribution in [3.05, 3.63) is 35.4 Å². The van der Waals surface area contributed by atoms with E-state index >= 15 is 0 Å². The predicted molar refractivity (Wildman–Crippen MR) is 44.1 cm³/mol. The molecule has 0 bridgehead atoms. The molecular weight excluding hydrogens is 185 g/mol. The van der Waals surface area contributed by atoms with Gasteiger partial charge in [-0.3, -0.25) is 0 Å². The summed E-state index contributed by atoms with van der Waals surface area (Å²) in [6.45, 7) is 0. The van der Waals surface area contributed by atoms with Crippen molar-refractivity contribution in [1.82, 2.24) is 0 Å². The Hall–Kier alpha value is -0.640. The van der Waals surface area contributed by atoms with Gasteiger partial charge in [-0.05, 0) is 11.6 Å². The van der Waals surface area contributed by atoms with Crippen LogP contribution in [0.25, 0.3) is 0 Å². The SMILES string of the molecule is FC(F)(F)c1ccccc1CS. The number of thiol groups is 1. The lowest BCUT2D eigenvalue weighted by Crippen LogP contribution is -2.07. The molecule has 66 valence electrons. The van der Waals surface area contributed by atoms with Gasteiger partial charge in [0.25, 0.3) is 0 Å². The van der Waals surface area contributed by atoms with Crippen LogP contribution >= 0.6 is 12.6 Å². The summed E-state index contributed by atoms with van der Waals surface area (Å²) in [5.41, 5.74) is -0.381. The maximum atomic E-state index is 12.2. The number of hydrogen-bond donors (Lipinski definition) is 1. The molecule has 12 heavy (non-hydrogen) atoms. The van der Waals surface area contributed by atoms with Crippen molar-refractivity contribution < 1.29 is 13.2 Å². The topological polar surface area (TPSA) is 0 Å². The van der Waals surface area contributed by atoms with E-state index in [1.165, 1.54) is 12.1 Å². The summed E-state index contributed by atoms with van der Waals surface area (Å²) in [5, 5.41) is 0. The minimum absolute atomic E-state index is 0.107. The molecule has 0 aromatic heterocycles. The second-order valence-corrected chi connectivity index (χ2v) is 2.63. The minimum atomic E-state index is -4.26. The molecule has 0 spiro atoms. The van der Waals surface area contributed by atoms with Crippen molar-refractivity contribution in [2.75, 3.05) is 0 Å². The van der Waals surface area contributed by atoms with E-state index < -0.39 is 11.7 Å². The highest BCUT2D eigenvalue weighted by molar-refractivity contribution is 7.79. The second-order valence-electron chi connectivity index (χ2n) is 2.31. The normalized spacial score (nSPS) is 11.7. The van der Waals surface area contributed by atoms with Crippen LogP contribution in [0, 0.1) is 0 Å². The van der Waals surface area contributed by atoms with Gasteiger partial charge in [0.15, 0.2) is 0 Å².